The monoisotopic (exact) mass is 389 g/mol. The van der Waals surface area contributed by atoms with Crippen LogP contribution in [0.4, 0.5) is 4.79 Å². The summed E-state index contributed by atoms with van der Waals surface area (Å²) in [6.45, 7) is 7.06. The van der Waals surface area contributed by atoms with Crippen molar-refractivity contribution >= 4 is 17.8 Å². The first kappa shape index (κ1) is 20.9. The van der Waals surface area contributed by atoms with Crippen molar-refractivity contribution in [3.8, 4) is 0 Å². The highest BCUT2D eigenvalue weighted by atomic mass is 16.2. The van der Waals surface area contributed by atoms with E-state index in [1.165, 1.54) is 18.4 Å². The van der Waals surface area contributed by atoms with Crippen LogP contribution < -0.4 is 10.6 Å². The molecule has 0 bridgehead atoms. The Bertz CT molecular complexity index is 654. The maximum absolute atomic E-state index is 13.0. The Balaban J connectivity index is 1.50. The van der Waals surface area contributed by atoms with E-state index in [4.69, 9.17) is 0 Å². The van der Waals surface area contributed by atoms with Crippen LogP contribution in [0, 0.1) is 11.3 Å². The highest BCUT2D eigenvalue weighted by molar-refractivity contribution is 6.09. The number of rotatable bonds is 5. The van der Waals surface area contributed by atoms with E-state index < -0.39 is 11.6 Å². The van der Waals surface area contributed by atoms with E-state index in [1.807, 2.05) is 0 Å². The Kier molecular flexibility index (Phi) is 6.15. The van der Waals surface area contributed by atoms with Crippen LogP contribution in [0.3, 0.4) is 0 Å². The van der Waals surface area contributed by atoms with Crippen LogP contribution in [0.2, 0.25) is 0 Å². The van der Waals surface area contributed by atoms with Gasteiger partial charge in [-0.05, 0) is 69.1 Å². The first-order chi connectivity index (χ1) is 13.2. The van der Waals surface area contributed by atoms with Crippen LogP contribution in [-0.2, 0) is 9.59 Å². The minimum atomic E-state index is -0.800. The molecule has 0 radical (unpaired) electrons. The number of nitrogens with one attached hydrogen (secondary N) is 2. The molecule has 1 aliphatic heterocycles. The van der Waals surface area contributed by atoms with Gasteiger partial charge in [0.1, 0.15) is 12.1 Å². The molecular formula is C22H35N3O3. The van der Waals surface area contributed by atoms with Gasteiger partial charge in [0, 0.05) is 6.54 Å². The molecule has 1 heterocycles. The van der Waals surface area contributed by atoms with E-state index >= 15 is 0 Å². The van der Waals surface area contributed by atoms with Crippen LogP contribution in [-0.4, -0.2) is 41.4 Å². The van der Waals surface area contributed by atoms with Gasteiger partial charge >= 0.3 is 6.03 Å². The lowest BCUT2D eigenvalue weighted by Crippen LogP contribution is -2.51. The normalized spacial score (nSPS) is 28.3. The number of nitrogens with zero attached hydrogens (tertiary/aromatic N) is 1. The zero-order valence-electron chi connectivity index (χ0n) is 17.6. The summed E-state index contributed by atoms with van der Waals surface area (Å²) in [7, 11) is 0. The van der Waals surface area contributed by atoms with Gasteiger partial charge in [0.05, 0.1) is 0 Å². The number of carbonyl (C=O) groups is 3. The van der Waals surface area contributed by atoms with Crippen molar-refractivity contribution in [2.75, 3.05) is 13.1 Å². The van der Waals surface area contributed by atoms with Gasteiger partial charge in [0.2, 0.25) is 5.91 Å². The first-order valence-corrected chi connectivity index (χ1v) is 10.8. The van der Waals surface area contributed by atoms with E-state index in [9.17, 15) is 14.4 Å². The molecular weight excluding hydrogens is 354 g/mol. The second-order valence-corrected chi connectivity index (χ2v) is 9.75. The quantitative estimate of drug-likeness (QED) is 0.558. The number of hydrogen-bond acceptors (Lipinski definition) is 3. The summed E-state index contributed by atoms with van der Waals surface area (Å²) in [5.74, 6) is 0.0598. The Labute approximate surface area is 168 Å². The summed E-state index contributed by atoms with van der Waals surface area (Å²) in [5, 5.41) is 5.77. The molecule has 6 nitrogen and oxygen atoms in total. The molecule has 6 heteroatoms. The van der Waals surface area contributed by atoms with E-state index in [2.05, 4.69) is 37.5 Å². The second kappa shape index (κ2) is 8.26. The Hall–Kier alpha value is -1.85. The molecule has 3 rings (SSSR count). The maximum Gasteiger partial charge on any atom is 0.325 e. The van der Waals surface area contributed by atoms with E-state index in [0.717, 1.165) is 37.0 Å². The summed E-state index contributed by atoms with van der Waals surface area (Å²) < 4.78 is 0. The van der Waals surface area contributed by atoms with Gasteiger partial charge in [-0.1, -0.05) is 32.4 Å². The van der Waals surface area contributed by atoms with Crippen molar-refractivity contribution in [1.29, 1.82) is 0 Å². The summed E-state index contributed by atoms with van der Waals surface area (Å²) in [6, 6.07) is -0.427. The van der Waals surface area contributed by atoms with Crippen LogP contribution in [0.5, 0.6) is 0 Å². The molecule has 0 aromatic heterocycles. The average molecular weight is 390 g/mol. The third-order valence-electron chi connectivity index (χ3n) is 6.76. The third-order valence-corrected chi connectivity index (χ3v) is 6.76. The third kappa shape index (κ3) is 4.58. The number of amides is 4. The molecule has 28 heavy (non-hydrogen) atoms. The molecule has 156 valence electrons. The topological polar surface area (TPSA) is 78.5 Å². The van der Waals surface area contributed by atoms with Crippen molar-refractivity contribution < 1.29 is 14.4 Å². The lowest BCUT2D eigenvalue weighted by Gasteiger charge is -2.40. The van der Waals surface area contributed by atoms with Gasteiger partial charge in [-0.2, -0.15) is 0 Å². The zero-order valence-corrected chi connectivity index (χ0v) is 17.6. The summed E-state index contributed by atoms with van der Waals surface area (Å²) in [4.78, 5) is 38.7. The van der Waals surface area contributed by atoms with Crippen molar-refractivity contribution in [2.45, 2.75) is 84.1 Å². The smallest absolute Gasteiger partial charge is 0.325 e. The fourth-order valence-corrected chi connectivity index (χ4v) is 4.83. The van der Waals surface area contributed by atoms with Gasteiger partial charge in [-0.25, -0.2) is 4.79 Å². The highest BCUT2D eigenvalue weighted by Crippen LogP contribution is 2.43. The van der Waals surface area contributed by atoms with E-state index in [-0.39, 0.29) is 23.8 Å². The van der Waals surface area contributed by atoms with Crippen LogP contribution >= 0.6 is 0 Å². The lowest BCUT2D eigenvalue weighted by molar-refractivity contribution is -0.136. The second-order valence-electron chi connectivity index (χ2n) is 9.75. The van der Waals surface area contributed by atoms with Gasteiger partial charge in [-0.15, -0.1) is 0 Å². The van der Waals surface area contributed by atoms with Crippen molar-refractivity contribution in [1.82, 2.24) is 15.5 Å². The molecule has 1 saturated carbocycles. The first-order valence-electron chi connectivity index (χ1n) is 10.8. The van der Waals surface area contributed by atoms with E-state index in [1.54, 1.807) is 0 Å². The Morgan fingerprint density at radius 1 is 1.25 bits per heavy atom. The molecule has 4 amide bonds. The number of carbonyl (C=O) groups excluding carboxylic acids is 3. The van der Waals surface area contributed by atoms with Crippen LogP contribution in [0.1, 0.15) is 78.6 Å². The molecule has 2 fully saturated rings. The van der Waals surface area contributed by atoms with Gasteiger partial charge in [-0.3, -0.25) is 14.5 Å². The molecule has 3 aliphatic rings. The Morgan fingerprint density at radius 2 is 1.96 bits per heavy atom. The number of urea groups is 1. The largest absolute Gasteiger partial charge is 0.354 e. The number of hydrogen-bond donors (Lipinski definition) is 2. The van der Waals surface area contributed by atoms with Crippen molar-refractivity contribution in [2.24, 2.45) is 11.3 Å². The molecule has 0 aromatic carbocycles. The fourth-order valence-electron chi connectivity index (χ4n) is 4.83. The zero-order chi connectivity index (χ0) is 20.4. The minimum absolute atomic E-state index is 0.186. The lowest BCUT2D eigenvalue weighted by atomic mass is 9.67. The molecule has 2 N–H and O–H groups in total. The Morgan fingerprint density at radius 3 is 2.57 bits per heavy atom. The average Bonchev–Trinajstić information content (AvgIpc) is 2.86. The molecule has 0 aromatic rings. The highest BCUT2D eigenvalue weighted by Gasteiger charge is 2.53. The van der Waals surface area contributed by atoms with Crippen LogP contribution in [0.25, 0.3) is 0 Å². The van der Waals surface area contributed by atoms with Gasteiger partial charge in [0.15, 0.2) is 0 Å². The molecule has 0 unspecified atom stereocenters. The van der Waals surface area contributed by atoms with Crippen LogP contribution in [0.15, 0.2) is 11.6 Å². The molecule has 1 saturated heterocycles. The number of imide groups is 1. The minimum Gasteiger partial charge on any atom is -0.354 e. The predicted molar refractivity (Wildman–Crippen MR) is 109 cm³/mol. The SMILES string of the molecule is CC(C)(C)C1CCC2(CC1)NC(=O)N(CC(=O)NCCC1=CCCCC1)C2=O. The molecule has 0 atom stereocenters. The maximum atomic E-state index is 13.0. The summed E-state index contributed by atoms with van der Waals surface area (Å²) in [6.07, 6.45) is 11.0. The van der Waals surface area contributed by atoms with Crippen molar-refractivity contribution in [3.63, 3.8) is 0 Å². The summed E-state index contributed by atoms with van der Waals surface area (Å²) in [5.41, 5.74) is 0.809. The number of allylic oxidation sites excluding steroid dienone is 1. The van der Waals surface area contributed by atoms with E-state index in [0.29, 0.717) is 25.3 Å². The molecule has 2 aliphatic carbocycles. The van der Waals surface area contributed by atoms with Gasteiger partial charge in [0.25, 0.3) is 5.91 Å². The predicted octanol–water partition coefficient (Wildman–Crippen LogP) is 3.52. The molecule has 1 spiro atoms. The van der Waals surface area contributed by atoms with Crippen molar-refractivity contribution in [3.05, 3.63) is 11.6 Å². The summed E-state index contributed by atoms with van der Waals surface area (Å²) >= 11 is 0. The van der Waals surface area contributed by atoms with Gasteiger partial charge < -0.3 is 10.6 Å². The standard InChI is InChI=1S/C22H35N3O3/c1-21(2,3)17-9-12-22(13-10-17)19(27)25(20(28)24-22)15-18(26)23-14-11-16-7-5-4-6-8-16/h7,17H,4-6,8-15H2,1-3H3,(H,23,26)(H,24,28). The fraction of sp³-hybridized carbons (Fsp3) is 0.773.